The van der Waals surface area contributed by atoms with Crippen LogP contribution in [0.2, 0.25) is 0 Å². The van der Waals surface area contributed by atoms with Crippen LogP contribution in [-0.4, -0.2) is 18.5 Å². The maximum Gasteiger partial charge on any atom is 0.315 e. The Bertz CT molecular complexity index is 310. The van der Waals surface area contributed by atoms with Crippen molar-refractivity contribution in [3.63, 3.8) is 0 Å². The fraction of sp³-hybridized carbons (Fsp3) is 0.625. The minimum Gasteiger partial charge on any atom is -0.465 e. The normalized spacial score (nSPS) is 12.2. The summed E-state index contributed by atoms with van der Waals surface area (Å²) in [5, 5.41) is 0. The van der Waals surface area contributed by atoms with Crippen molar-refractivity contribution >= 4 is 11.9 Å². The Morgan fingerprint density at radius 1 is 1.20 bits per heavy atom. The number of ether oxygens (including phenoxy) is 2. The van der Waals surface area contributed by atoms with Crippen molar-refractivity contribution in [1.82, 2.24) is 0 Å². The van der Waals surface area contributed by atoms with Crippen LogP contribution in [-0.2, 0) is 19.1 Å². The van der Waals surface area contributed by atoms with Gasteiger partial charge in [-0.05, 0) is 19.8 Å². The summed E-state index contributed by atoms with van der Waals surface area (Å²) in [4.78, 5) is 21.5. The molecule has 0 N–H and O–H groups in total. The standard InChI is InChI=1S/C12H22O2.C4H6O2/c1-5-9-10-12(6-2,7-3)11(13)14-8-4;1-3-6-4(2)5/h6H,2,5,7-10H2,1,3-4H3;3H,1H2,2H3. The van der Waals surface area contributed by atoms with E-state index in [9.17, 15) is 9.59 Å². The number of carbonyl (C=O) groups excluding carboxylic acids is 2. The quantitative estimate of drug-likeness (QED) is 0.384. The van der Waals surface area contributed by atoms with Crippen LogP contribution in [0.25, 0.3) is 0 Å². The molecule has 0 rings (SSSR count). The number of rotatable bonds is 8. The molecule has 0 saturated heterocycles. The first-order valence-electron chi connectivity index (χ1n) is 7.02. The van der Waals surface area contributed by atoms with Gasteiger partial charge in [0.05, 0.1) is 18.3 Å². The van der Waals surface area contributed by atoms with Gasteiger partial charge in [-0.3, -0.25) is 9.59 Å². The van der Waals surface area contributed by atoms with Gasteiger partial charge in [0, 0.05) is 6.92 Å². The van der Waals surface area contributed by atoms with Crippen LogP contribution in [0.1, 0.15) is 53.4 Å². The minimum absolute atomic E-state index is 0.119. The van der Waals surface area contributed by atoms with Crippen LogP contribution in [0, 0.1) is 5.41 Å². The monoisotopic (exact) mass is 284 g/mol. The molecule has 0 aliphatic carbocycles. The van der Waals surface area contributed by atoms with Crippen molar-refractivity contribution in [2.45, 2.75) is 53.4 Å². The molecule has 1 atom stereocenters. The van der Waals surface area contributed by atoms with E-state index in [1.807, 2.05) is 13.8 Å². The Kier molecular flexibility index (Phi) is 12.9. The van der Waals surface area contributed by atoms with Gasteiger partial charge in [-0.2, -0.15) is 0 Å². The third-order valence-corrected chi connectivity index (χ3v) is 2.93. The molecule has 0 aliphatic heterocycles. The van der Waals surface area contributed by atoms with Crippen LogP contribution in [0.15, 0.2) is 25.5 Å². The number of esters is 2. The maximum absolute atomic E-state index is 11.7. The van der Waals surface area contributed by atoms with Crippen LogP contribution < -0.4 is 0 Å². The lowest BCUT2D eigenvalue weighted by molar-refractivity contribution is -0.153. The molecule has 0 aliphatic rings. The zero-order valence-electron chi connectivity index (χ0n) is 13.2. The van der Waals surface area contributed by atoms with E-state index < -0.39 is 5.41 Å². The lowest BCUT2D eigenvalue weighted by atomic mass is 9.80. The van der Waals surface area contributed by atoms with Gasteiger partial charge in [0.15, 0.2) is 0 Å². The van der Waals surface area contributed by atoms with Crippen molar-refractivity contribution in [3.05, 3.63) is 25.5 Å². The van der Waals surface area contributed by atoms with E-state index in [1.165, 1.54) is 6.92 Å². The van der Waals surface area contributed by atoms with E-state index in [2.05, 4.69) is 24.8 Å². The highest BCUT2D eigenvalue weighted by Gasteiger charge is 2.33. The SMILES string of the molecule is C=CC(CC)(CCCC)C(=O)OCC.C=COC(C)=O. The Hall–Kier alpha value is -1.58. The van der Waals surface area contributed by atoms with Crippen molar-refractivity contribution in [2.75, 3.05) is 6.61 Å². The van der Waals surface area contributed by atoms with Crippen LogP contribution in [0.3, 0.4) is 0 Å². The van der Waals surface area contributed by atoms with E-state index >= 15 is 0 Å². The summed E-state index contributed by atoms with van der Waals surface area (Å²) in [5.74, 6) is -0.448. The van der Waals surface area contributed by atoms with Gasteiger partial charge in [0.2, 0.25) is 0 Å². The first-order valence-corrected chi connectivity index (χ1v) is 7.02. The molecule has 4 heteroatoms. The molecule has 0 aromatic carbocycles. The van der Waals surface area contributed by atoms with Crippen molar-refractivity contribution in [3.8, 4) is 0 Å². The molecule has 1 unspecified atom stereocenters. The summed E-state index contributed by atoms with van der Waals surface area (Å²) in [7, 11) is 0. The number of carbonyl (C=O) groups is 2. The summed E-state index contributed by atoms with van der Waals surface area (Å²) >= 11 is 0. The maximum atomic E-state index is 11.7. The summed E-state index contributed by atoms with van der Waals surface area (Å²) in [6, 6.07) is 0. The second kappa shape index (κ2) is 12.5. The summed E-state index contributed by atoms with van der Waals surface area (Å²) in [5.41, 5.74) is -0.452. The van der Waals surface area contributed by atoms with Crippen molar-refractivity contribution in [2.24, 2.45) is 5.41 Å². The lowest BCUT2D eigenvalue weighted by Gasteiger charge is -2.26. The molecule has 20 heavy (non-hydrogen) atoms. The molecular weight excluding hydrogens is 256 g/mol. The highest BCUT2D eigenvalue weighted by Crippen LogP contribution is 2.31. The topological polar surface area (TPSA) is 52.6 Å². The van der Waals surface area contributed by atoms with E-state index in [4.69, 9.17) is 4.74 Å². The summed E-state index contributed by atoms with van der Waals surface area (Å²) in [6.45, 7) is 14.6. The van der Waals surface area contributed by atoms with Crippen LogP contribution >= 0.6 is 0 Å². The molecule has 116 valence electrons. The van der Waals surface area contributed by atoms with Crippen LogP contribution in [0.4, 0.5) is 0 Å². The largest absolute Gasteiger partial charge is 0.465 e. The Labute approximate surface area is 122 Å². The molecule has 0 aromatic rings. The number of hydrogen-bond acceptors (Lipinski definition) is 4. The summed E-state index contributed by atoms with van der Waals surface area (Å²) < 4.78 is 9.24. The Balaban J connectivity index is 0. The van der Waals surface area contributed by atoms with Gasteiger partial charge in [0.1, 0.15) is 0 Å². The molecule has 0 saturated carbocycles. The average molecular weight is 284 g/mol. The van der Waals surface area contributed by atoms with Gasteiger partial charge in [-0.15, -0.1) is 6.58 Å². The first kappa shape index (κ1) is 20.7. The molecule has 0 radical (unpaired) electrons. The smallest absolute Gasteiger partial charge is 0.315 e. The predicted octanol–water partition coefficient (Wildman–Crippen LogP) is 4.02. The lowest BCUT2D eigenvalue weighted by Crippen LogP contribution is -2.30. The average Bonchev–Trinajstić information content (AvgIpc) is 2.41. The Morgan fingerprint density at radius 3 is 2.05 bits per heavy atom. The predicted molar refractivity (Wildman–Crippen MR) is 81.0 cm³/mol. The van der Waals surface area contributed by atoms with Gasteiger partial charge in [-0.25, -0.2) is 0 Å². The second-order valence-corrected chi connectivity index (χ2v) is 4.31. The highest BCUT2D eigenvalue weighted by atomic mass is 16.5. The van der Waals surface area contributed by atoms with Crippen molar-refractivity contribution in [1.29, 1.82) is 0 Å². The molecular formula is C16H28O4. The van der Waals surface area contributed by atoms with Crippen LogP contribution in [0.5, 0.6) is 0 Å². The highest BCUT2D eigenvalue weighted by molar-refractivity contribution is 5.78. The van der Waals surface area contributed by atoms with Crippen molar-refractivity contribution < 1.29 is 19.1 Å². The van der Waals surface area contributed by atoms with Gasteiger partial charge in [0.25, 0.3) is 0 Å². The van der Waals surface area contributed by atoms with E-state index in [1.54, 1.807) is 6.08 Å². The molecule has 0 heterocycles. The van der Waals surface area contributed by atoms with Gasteiger partial charge in [-0.1, -0.05) is 39.3 Å². The first-order chi connectivity index (χ1) is 9.43. The van der Waals surface area contributed by atoms with E-state index in [-0.39, 0.29) is 11.9 Å². The zero-order valence-corrected chi connectivity index (χ0v) is 13.2. The molecule has 0 amide bonds. The van der Waals surface area contributed by atoms with Gasteiger partial charge < -0.3 is 9.47 Å². The minimum atomic E-state index is -0.452. The Morgan fingerprint density at radius 2 is 1.80 bits per heavy atom. The summed E-state index contributed by atoms with van der Waals surface area (Å²) in [6.07, 6.45) is 6.61. The fourth-order valence-corrected chi connectivity index (χ4v) is 1.64. The molecule has 0 aromatic heterocycles. The third-order valence-electron chi connectivity index (χ3n) is 2.93. The fourth-order valence-electron chi connectivity index (χ4n) is 1.64. The number of unbranched alkanes of at least 4 members (excludes halogenated alkanes) is 1. The van der Waals surface area contributed by atoms with E-state index in [0.717, 1.165) is 31.9 Å². The zero-order chi connectivity index (χ0) is 16.0. The number of hydrogen-bond donors (Lipinski definition) is 0. The van der Waals surface area contributed by atoms with E-state index in [0.29, 0.717) is 6.61 Å². The molecule has 0 bridgehead atoms. The molecule has 0 spiro atoms. The second-order valence-electron chi connectivity index (χ2n) is 4.31. The molecule has 0 fully saturated rings. The third kappa shape index (κ3) is 8.51. The molecule has 4 nitrogen and oxygen atoms in total. The van der Waals surface area contributed by atoms with Gasteiger partial charge >= 0.3 is 11.9 Å².